The Balaban J connectivity index is 0.00000259. The number of alkyl halides is 3. The summed E-state index contributed by atoms with van der Waals surface area (Å²) in [6.07, 6.45) is 1.26. The van der Waals surface area contributed by atoms with Crippen molar-refractivity contribution in [1.82, 2.24) is 14.5 Å². The van der Waals surface area contributed by atoms with Crippen molar-refractivity contribution in [3.05, 3.63) is 62.4 Å². The molecule has 3 heterocycles. The van der Waals surface area contributed by atoms with Crippen LogP contribution in [0.2, 0.25) is 0 Å². The monoisotopic (exact) mass is 484 g/mol. The predicted octanol–water partition coefficient (Wildman–Crippen LogP) is 3.24. The van der Waals surface area contributed by atoms with Crippen molar-refractivity contribution in [3.63, 3.8) is 0 Å². The highest BCUT2D eigenvalue weighted by atomic mass is 35.5. The van der Waals surface area contributed by atoms with Gasteiger partial charge in [0.15, 0.2) is 0 Å². The Morgan fingerprint density at radius 3 is 2.42 bits per heavy atom. The third kappa shape index (κ3) is 4.57. The van der Waals surface area contributed by atoms with Crippen molar-refractivity contribution in [1.29, 1.82) is 0 Å². The van der Waals surface area contributed by atoms with Crippen molar-refractivity contribution in [2.24, 2.45) is 5.92 Å². The molecule has 6 nitrogen and oxygen atoms in total. The Morgan fingerprint density at radius 2 is 1.76 bits per heavy atom. The lowest BCUT2D eigenvalue weighted by atomic mass is 9.94. The van der Waals surface area contributed by atoms with Crippen molar-refractivity contribution < 1.29 is 13.2 Å². The summed E-state index contributed by atoms with van der Waals surface area (Å²) in [5.41, 5.74) is 0.206. The first-order valence-electron chi connectivity index (χ1n) is 11.3. The van der Waals surface area contributed by atoms with E-state index in [4.69, 9.17) is 0 Å². The van der Waals surface area contributed by atoms with Crippen molar-refractivity contribution in [2.75, 3.05) is 37.6 Å². The third-order valence-corrected chi connectivity index (χ3v) is 7.32. The molecule has 180 valence electrons. The molecule has 0 spiro atoms. The highest BCUT2D eigenvalue weighted by molar-refractivity contribution is 5.85. The number of benzene rings is 1. The molecule has 0 bridgehead atoms. The van der Waals surface area contributed by atoms with E-state index in [1.807, 2.05) is 4.90 Å². The molecule has 1 aliphatic carbocycles. The van der Waals surface area contributed by atoms with Gasteiger partial charge in [0.25, 0.3) is 5.56 Å². The highest BCUT2D eigenvalue weighted by Gasteiger charge is 2.60. The van der Waals surface area contributed by atoms with Gasteiger partial charge in [-0.05, 0) is 55.8 Å². The van der Waals surface area contributed by atoms with Gasteiger partial charge < -0.3 is 9.80 Å². The van der Waals surface area contributed by atoms with Gasteiger partial charge in [-0.3, -0.25) is 14.3 Å². The molecule has 1 saturated carbocycles. The molecule has 5 rings (SSSR count). The second-order valence-corrected chi connectivity index (χ2v) is 9.38. The van der Waals surface area contributed by atoms with Crippen LogP contribution < -0.4 is 16.1 Å². The van der Waals surface area contributed by atoms with Crippen molar-refractivity contribution >= 4 is 18.1 Å². The minimum atomic E-state index is -4.31. The van der Waals surface area contributed by atoms with Crippen LogP contribution in [0.5, 0.6) is 0 Å². The van der Waals surface area contributed by atoms with Gasteiger partial charge in [0.1, 0.15) is 5.69 Å². The quantitative estimate of drug-likeness (QED) is 0.684. The summed E-state index contributed by atoms with van der Waals surface area (Å²) in [7, 11) is 0. The van der Waals surface area contributed by atoms with E-state index in [1.165, 1.54) is 12.1 Å². The summed E-state index contributed by atoms with van der Waals surface area (Å²) >= 11 is 0. The lowest BCUT2D eigenvalue weighted by molar-refractivity contribution is -0.137. The number of H-pyrrole nitrogens is 1. The van der Waals surface area contributed by atoms with Gasteiger partial charge in [-0.15, -0.1) is 12.4 Å². The first-order chi connectivity index (χ1) is 15.3. The summed E-state index contributed by atoms with van der Waals surface area (Å²) in [5.74, 6) is 0.483. The molecule has 3 aliphatic rings. The maximum absolute atomic E-state index is 12.9. The average Bonchev–Trinajstić information content (AvgIpc) is 3.08. The Kier molecular flexibility index (Phi) is 6.39. The molecule has 10 heteroatoms. The number of aromatic nitrogens is 2. The number of likely N-dealkylation sites (tertiary alicyclic amines) is 1. The number of halogens is 4. The number of nitrogens with zero attached hydrogens (tertiary/aromatic N) is 3. The van der Waals surface area contributed by atoms with E-state index in [9.17, 15) is 22.8 Å². The molecule has 33 heavy (non-hydrogen) atoms. The first kappa shape index (κ1) is 23.9. The molecule has 0 amide bonds. The number of hydrogen-bond acceptors (Lipinski definition) is 4. The summed E-state index contributed by atoms with van der Waals surface area (Å²) in [4.78, 5) is 31.2. The summed E-state index contributed by atoms with van der Waals surface area (Å²) in [5, 5.41) is 0. The molecule has 3 fully saturated rings. The predicted molar refractivity (Wildman–Crippen MR) is 122 cm³/mol. The van der Waals surface area contributed by atoms with Crippen molar-refractivity contribution in [2.45, 2.75) is 43.8 Å². The van der Waals surface area contributed by atoms with E-state index in [2.05, 4.69) is 9.88 Å². The SMILES string of the molecule is Cl.O=c1[nH]c(=O)n(CCCN2C[C@@H]3C[C@]3(c3ccc(C(F)(F)F)cc3)C2)cc1N1CCCC1. The van der Waals surface area contributed by atoms with Crippen LogP contribution in [0.15, 0.2) is 40.1 Å². The number of aromatic amines is 1. The smallest absolute Gasteiger partial charge is 0.366 e. The Morgan fingerprint density at radius 1 is 1.06 bits per heavy atom. The number of anilines is 1. The number of rotatable bonds is 6. The Labute approximate surface area is 195 Å². The maximum Gasteiger partial charge on any atom is 0.416 e. The number of hydrogen-bond donors (Lipinski definition) is 1. The van der Waals surface area contributed by atoms with Crippen LogP contribution in [-0.2, 0) is 18.1 Å². The molecule has 0 unspecified atom stereocenters. The standard InChI is InChI=1S/C23H27F3N4O2.ClH/c24-23(25,26)17-6-4-16(5-7-17)22-12-18(22)13-28(15-22)8-3-11-30-14-19(20(31)27-21(30)32)29-9-1-2-10-29;/h4-7,14,18H,1-3,8-13,15H2,(H,27,31,32);1H/t18-,22+;/m0./s1. The van der Waals surface area contributed by atoms with Gasteiger partial charge in [0.2, 0.25) is 0 Å². The topological polar surface area (TPSA) is 61.3 Å². The fourth-order valence-corrected chi connectivity index (χ4v) is 5.51. The Hall–Kier alpha value is -2.26. The van der Waals surface area contributed by atoms with Gasteiger partial charge in [0.05, 0.1) is 5.56 Å². The first-order valence-corrected chi connectivity index (χ1v) is 11.3. The van der Waals surface area contributed by atoms with Crippen LogP contribution in [0.3, 0.4) is 0 Å². The third-order valence-electron chi connectivity index (χ3n) is 7.32. The largest absolute Gasteiger partial charge is 0.416 e. The number of nitrogens with one attached hydrogen (secondary N) is 1. The van der Waals surface area contributed by atoms with E-state index < -0.39 is 11.7 Å². The van der Waals surface area contributed by atoms with Crippen LogP contribution >= 0.6 is 12.4 Å². The molecule has 0 radical (unpaired) electrons. The normalized spacial score (nSPS) is 24.6. The van der Waals surface area contributed by atoms with E-state index >= 15 is 0 Å². The molecular weight excluding hydrogens is 457 g/mol. The summed E-state index contributed by atoms with van der Waals surface area (Å²) in [6.45, 7) is 4.77. The number of aryl methyl sites for hydroxylation is 1. The zero-order chi connectivity index (χ0) is 22.5. The van der Waals surface area contributed by atoms with Crippen LogP contribution in [0.25, 0.3) is 0 Å². The molecule has 1 aromatic carbocycles. The van der Waals surface area contributed by atoms with Gasteiger partial charge >= 0.3 is 11.9 Å². The zero-order valence-electron chi connectivity index (χ0n) is 18.2. The van der Waals surface area contributed by atoms with Gasteiger partial charge in [-0.25, -0.2) is 4.79 Å². The lowest BCUT2D eigenvalue weighted by Gasteiger charge is -2.22. The second-order valence-electron chi connectivity index (χ2n) is 9.38. The maximum atomic E-state index is 12.9. The van der Waals surface area contributed by atoms with E-state index in [1.54, 1.807) is 22.9 Å². The number of piperidine rings is 1. The van der Waals surface area contributed by atoms with Crippen molar-refractivity contribution in [3.8, 4) is 0 Å². The van der Waals surface area contributed by atoms with Crippen LogP contribution in [0.1, 0.15) is 36.8 Å². The van der Waals surface area contributed by atoms with Crippen LogP contribution in [-0.4, -0.2) is 47.2 Å². The van der Waals surface area contributed by atoms with Gasteiger partial charge in [-0.2, -0.15) is 13.2 Å². The van der Waals surface area contributed by atoms with Gasteiger partial charge in [-0.1, -0.05) is 12.1 Å². The van der Waals surface area contributed by atoms with E-state index in [0.717, 1.165) is 64.0 Å². The fraction of sp³-hybridized carbons (Fsp3) is 0.565. The molecule has 2 saturated heterocycles. The minimum absolute atomic E-state index is 0. The lowest BCUT2D eigenvalue weighted by Crippen LogP contribution is -2.35. The van der Waals surface area contributed by atoms with E-state index in [0.29, 0.717) is 18.2 Å². The zero-order valence-corrected chi connectivity index (χ0v) is 19.1. The molecule has 2 aliphatic heterocycles. The molecule has 2 atom stereocenters. The van der Waals surface area contributed by atoms with Crippen LogP contribution in [0.4, 0.5) is 18.9 Å². The molecule has 1 N–H and O–H groups in total. The Bertz CT molecular complexity index is 1110. The van der Waals surface area contributed by atoms with Crippen LogP contribution in [0, 0.1) is 5.92 Å². The average molecular weight is 485 g/mol. The summed E-state index contributed by atoms with van der Waals surface area (Å²) in [6, 6.07) is 5.63. The molecular formula is C23H28ClF3N4O2. The number of fused-ring (bicyclic) bond motifs is 1. The molecule has 1 aromatic heterocycles. The van der Waals surface area contributed by atoms with Gasteiger partial charge in [0, 0.05) is 44.3 Å². The highest BCUT2D eigenvalue weighted by Crippen LogP contribution is 2.59. The molecule has 2 aromatic rings. The fourth-order valence-electron chi connectivity index (χ4n) is 5.51. The second kappa shape index (κ2) is 8.83. The summed E-state index contributed by atoms with van der Waals surface area (Å²) < 4.78 is 40.1. The van der Waals surface area contributed by atoms with E-state index in [-0.39, 0.29) is 29.1 Å². The minimum Gasteiger partial charge on any atom is -0.366 e.